The number of nitrogens with two attached hydrogens (primary N) is 1. The zero-order valence-corrected chi connectivity index (χ0v) is 8.47. The van der Waals surface area contributed by atoms with Crippen LogP contribution in [0, 0.1) is 5.92 Å². The first-order chi connectivity index (χ1) is 5.55. The average molecular weight is 171 g/mol. The van der Waals surface area contributed by atoms with Crippen LogP contribution in [0.1, 0.15) is 40.0 Å². The highest BCUT2D eigenvalue weighted by Gasteiger charge is 2.29. The maximum Gasteiger partial charge on any atom is 0.0627 e. The fourth-order valence-corrected chi connectivity index (χ4v) is 1.08. The lowest BCUT2D eigenvalue weighted by atomic mass is 10.1. The Morgan fingerprint density at radius 1 is 1.50 bits per heavy atom. The van der Waals surface area contributed by atoms with Gasteiger partial charge in [-0.3, -0.25) is 0 Å². The van der Waals surface area contributed by atoms with Crippen molar-refractivity contribution >= 4 is 0 Å². The van der Waals surface area contributed by atoms with E-state index in [0.717, 1.165) is 18.9 Å². The van der Waals surface area contributed by atoms with E-state index in [-0.39, 0.29) is 11.6 Å². The molecule has 1 saturated carbocycles. The zero-order valence-electron chi connectivity index (χ0n) is 8.47. The fourth-order valence-electron chi connectivity index (χ4n) is 1.08. The molecule has 1 aliphatic rings. The Hall–Kier alpha value is -0.0800. The molecule has 0 aromatic carbocycles. The van der Waals surface area contributed by atoms with Gasteiger partial charge in [0, 0.05) is 6.04 Å². The Bertz CT molecular complexity index is 141. The van der Waals surface area contributed by atoms with Gasteiger partial charge in [-0.25, -0.2) is 0 Å². The molecule has 2 nitrogen and oxygen atoms in total. The van der Waals surface area contributed by atoms with Gasteiger partial charge in [-0.2, -0.15) is 0 Å². The van der Waals surface area contributed by atoms with E-state index in [1.807, 2.05) is 0 Å². The van der Waals surface area contributed by atoms with Crippen molar-refractivity contribution in [2.45, 2.75) is 51.7 Å². The molecule has 2 N–H and O–H groups in total. The molecule has 0 aromatic rings. The lowest BCUT2D eigenvalue weighted by Gasteiger charge is -2.25. The monoisotopic (exact) mass is 171 g/mol. The van der Waals surface area contributed by atoms with Crippen LogP contribution in [-0.4, -0.2) is 18.2 Å². The predicted molar refractivity (Wildman–Crippen MR) is 51.0 cm³/mol. The van der Waals surface area contributed by atoms with Crippen molar-refractivity contribution in [3.05, 3.63) is 0 Å². The van der Waals surface area contributed by atoms with E-state index < -0.39 is 0 Å². The Labute approximate surface area is 75.5 Å². The molecular weight excluding hydrogens is 150 g/mol. The summed E-state index contributed by atoms with van der Waals surface area (Å²) in [4.78, 5) is 0. The Morgan fingerprint density at radius 3 is 2.50 bits per heavy atom. The highest BCUT2D eigenvalue weighted by molar-refractivity contribution is 4.84. The van der Waals surface area contributed by atoms with Crippen LogP contribution in [0.2, 0.25) is 0 Å². The summed E-state index contributed by atoms with van der Waals surface area (Å²) >= 11 is 0. The summed E-state index contributed by atoms with van der Waals surface area (Å²) < 4.78 is 5.72. The Morgan fingerprint density at radius 2 is 2.08 bits per heavy atom. The molecule has 0 aromatic heterocycles. The third-order valence-electron chi connectivity index (χ3n) is 2.75. The van der Waals surface area contributed by atoms with Gasteiger partial charge in [-0.1, -0.05) is 6.92 Å². The summed E-state index contributed by atoms with van der Waals surface area (Å²) in [6, 6.07) is 0.274. The minimum atomic E-state index is 0.00646. The van der Waals surface area contributed by atoms with Crippen LogP contribution in [-0.2, 0) is 4.74 Å². The zero-order chi connectivity index (χ0) is 9.19. The molecule has 0 amide bonds. The second-order valence-electron chi connectivity index (χ2n) is 4.43. The summed E-state index contributed by atoms with van der Waals surface area (Å²) in [7, 11) is 0. The molecule has 1 unspecified atom stereocenters. The third-order valence-corrected chi connectivity index (χ3v) is 2.75. The molecule has 1 rings (SSSR count). The highest BCUT2D eigenvalue weighted by Crippen LogP contribution is 2.32. The van der Waals surface area contributed by atoms with E-state index in [9.17, 15) is 0 Å². The molecule has 0 aliphatic heterocycles. The first-order valence-electron chi connectivity index (χ1n) is 4.94. The van der Waals surface area contributed by atoms with E-state index in [4.69, 9.17) is 10.5 Å². The lowest BCUT2D eigenvalue weighted by molar-refractivity contribution is -0.0284. The molecule has 0 heterocycles. The molecule has 1 aliphatic carbocycles. The van der Waals surface area contributed by atoms with Crippen molar-refractivity contribution < 1.29 is 4.74 Å². The van der Waals surface area contributed by atoms with Gasteiger partial charge in [-0.05, 0) is 39.0 Å². The largest absolute Gasteiger partial charge is 0.374 e. The third kappa shape index (κ3) is 3.11. The van der Waals surface area contributed by atoms with Gasteiger partial charge in [0.1, 0.15) is 0 Å². The summed E-state index contributed by atoms with van der Waals surface area (Å²) in [6.45, 7) is 7.10. The van der Waals surface area contributed by atoms with Gasteiger partial charge in [0.05, 0.1) is 12.2 Å². The molecule has 1 atom stereocenters. The first-order valence-corrected chi connectivity index (χ1v) is 4.94. The van der Waals surface area contributed by atoms with Crippen molar-refractivity contribution in [3.8, 4) is 0 Å². The van der Waals surface area contributed by atoms with Gasteiger partial charge in [0.25, 0.3) is 0 Å². The molecule has 72 valence electrons. The molecular formula is C10H21NO. The van der Waals surface area contributed by atoms with Crippen LogP contribution in [0.15, 0.2) is 0 Å². The van der Waals surface area contributed by atoms with Gasteiger partial charge in [0.15, 0.2) is 0 Å². The number of ether oxygens (including phenoxy) is 1. The van der Waals surface area contributed by atoms with E-state index in [1.54, 1.807) is 0 Å². The van der Waals surface area contributed by atoms with E-state index in [0.29, 0.717) is 0 Å². The van der Waals surface area contributed by atoms with Gasteiger partial charge in [0.2, 0.25) is 0 Å². The first kappa shape index (κ1) is 10.0. The van der Waals surface area contributed by atoms with E-state index >= 15 is 0 Å². The van der Waals surface area contributed by atoms with E-state index in [1.165, 1.54) is 12.8 Å². The van der Waals surface area contributed by atoms with Crippen molar-refractivity contribution in [2.24, 2.45) is 11.7 Å². The van der Waals surface area contributed by atoms with Crippen LogP contribution in [0.25, 0.3) is 0 Å². The summed E-state index contributed by atoms with van der Waals surface area (Å²) in [6.07, 6.45) is 3.65. The van der Waals surface area contributed by atoms with Gasteiger partial charge >= 0.3 is 0 Å². The topological polar surface area (TPSA) is 35.2 Å². The lowest BCUT2D eigenvalue weighted by Crippen LogP contribution is -2.34. The highest BCUT2D eigenvalue weighted by atomic mass is 16.5. The molecule has 0 bridgehead atoms. The van der Waals surface area contributed by atoms with Gasteiger partial charge < -0.3 is 10.5 Å². The normalized spacial score (nSPS) is 21.0. The SMILES string of the molecule is CCC(C)(C)OCC(N)C1CC1. The van der Waals surface area contributed by atoms with Crippen molar-refractivity contribution in [1.29, 1.82) is 0 Å². The Kier molecular flexibility index (Phi) is 3.13. The average Bonchev–Trinajstić information content (AvgIpc) is 2.83. The van der Waals surface area contributed by atoms with Crippen LogP contribution < -0.4 is 5.73 Å². The maximum absolute atomic E-state index is 5.92. The van der Waals surface area contributed by atoms with Crippen LogP contribution in [0.3, 0.4) is 0 Å². The molecule has 2 heteroatoms. The molecule has 0 spiro atoms. The minimum absolute atomic E-state index is 0.00646. The smallest absolute Gasteiger partial charge is 0.0627 e. The van der Waals surface area contributed by atoms with E-state index in [2.05, 4.69) is 20.8 Å². The maximum atomic E-state index is 5.92. The number of hydrogen-bond donors (Lipinski definition) is 1. The van der Waals surface area contributed by atoms with Crippen LogP contribution in [0.4, 0.5) is 0 Å². The summed E-state index contributed by atoms with van der Waals surface area (Å²) in [5, 5.41) is 0. The number of hydrogen-bond acceptors (Lipinski definition) is 2. The van der Waals surface area contributed by atoms with Crippen molar-refractivity contribution in [2.75, 3.05) is 6.61 Å². The van der Waals surface area contributed by atoms with Crippen molar-refractivity contribution in [3.63, 3.8) is 0 Å². The Balaban J connectivity index is 2.14. The molecule has 1 fully saturated rings. The quantitative estimate of drug-likeness (QED) is 0.686. The molecule has 0 radical (unpaired) electrons. The predicted octanol–water partition coefficient (Wildman–Crippen LogP) is 1.93. The molecule has 0 saturated heterocycles. The standard InChI is InChI=1S/C10H21NO/c1-4-10(2,3)12-7-9(11)8-5-6-8/h8-9H,4-7,11H2,1-3H3. The summed E-state index contributed by atoms with van der Waals surface area (Å²) in [5.41, 5.74) is 5.92. The van der Waals surface area contributed by atoms with Crippen LogP contribution in [0.5, 0.6) is 0 Å². The number of rotatable bonds is 5. The second kappa shape index (κ2) is 3.75. The molecule has 12 heavy (non-hydrogen) atoms. The van der Waals surface area contributed by atoms with Crippen molar-refractivity contribution in [1.82, 2.24) is 0 Å². The summed E-state index contributed by atoms with van der Waals surface area (Å²) in [5.74, 6) is 0.748. The second-order valence-corrected chi connectivity index (χ2v) is 4.43. The van der Waals surface area contributed by atoms with Gasteiger partial charge in [-0.15, -0.1) is 0 Å². The van der Waals surface area contributed by atoms with Crippen LogP contribution >= 0.6 is 0 Å². The fraction of sp³-hybridized carbons (Fsp3) is 1.00. The minimum Gasteiger partial charge on any atom is -0.374 e.